The van der Waals surface area contributed by atoms with Crippen LogP contribution in [0.2, 0.25) is 0 Å². The van der Waals surface area contributed by atoms with Gasteiger partial charge in [0.2, 0.25) is 0 Å². The van der Waals surface area contributed by atoms with Gasteiger partial charge < -0.3 is 30.6 Å². The third-order valence-electron chi connectivity index (χ3n) is 1.51. The highest BCUT2D eigenvalue weighted by Crippen LogP contribution is 2.03. The second kappa shape index (κ2) is 5.41. The molecule has 0 spiro atoms. The molecule has 0 aliphatic heterocycles. The molecule has 0 aromatic heterocycles. The summed E-state index contributed by atoms with van der Waals surface area (Å²) in [6.45, 7) is -1.45. The first-order valence-corrected chi connectivity index (χ1v) is 3.48. The maximum atomic E-state index is 8.96. The molecule has 0 saturated carbocycles. The zero-order valence-corrected chi connectivity index (χ0v) is 6.41. The van der Waals surface area contributed by atoms with E-state index in [1.165, 1.54) is 0 Å². The lowest BCUT2D eigenvalue weighted by Gasteiger charge is -2.24. The van der Waals surface area contributed by atoms with Crippen LogP contribution >= 0.6 is 0 Å². The van der Waals surface area contributed by atoms with Crippen molar-refractivity contribution in [1.29, 1.82) is 0 Å². The Morgan fingerprint density at radius 1 is 0.667 bits per heavy atom. The molecule has 0 fully saturated rings. The predicted molar refractivity (Wildman–Crippen MR) is 38.2 cm³/mol. The van der Waals surface area contributed by atoms with E-state index >= 15 is 0 Å². The summed E-state index contributed by atoms with van der Waals surface area (Å²) < 4.78 is 0. The van der Waals surface area contributed by atoms with Crippen molar-refractivity contribution in [3.05, 3.63) is 0 Å². The summed E-state index contributed by atoms with van der Waals surface area (Å²) in [5, 5.41) is 52.2. The number of hydrogen-bond donors (Lipinski definition) is 6. The first-order valence-electron chi connectivity index (χ1n) is 3.48. The smallest absolute Gasteiger partial charge is 0.111 e. The molecule has 0 aliphatic carbocycles. The van der Waals surface area contributed by atoms with Crippen molar-refractivity contribution in [3.8, 4) is 0 Å². The van der Waals surface area contributed by atoms with E-state index < -0.39 is 37.6 Å². The van der Waals surface area contributed by atoms with Crippen molar-refractivity contribution in [1.82, 2.24) is 0 Å². The van der Waals surface area contributed by atoms with Gasteiger partial charge >= 0.3 is 0 Å². The van der Waals surface area contributed by atoms with E-state index in [1.54, 1.807) is 0 Å². The van der Waals surface area contributed by atoms with Crippen molar-refractivity contribution in [2.75, 3.05) is 13.2 Å². The minimum absolute atomic E-state index is 0.726. The highest BCUT2D eigenvalue weighted by Gasteiger charge is 2.29. The SMILES string of the molecule is OC[C@@H](O)C(O)[C@H](O)[C@@H](O)CO. The van der Waals surface area contributed by atoms with Gasteiger partial charge in [0.1, 0.15) is 24.4 Å². The van der Waals surface area contributed by atoms with Crippen molar-refractivity contribution in [2.45, 2.75) is 24.4 Å². The van der Waals surface area contributed by atoms with E-state index in [9.17, 15) is 0 Å². The zero-order chi connectivity index (χ0) is 9.72. The second-order valence-electron chi connectivity index (χ2n) is 2.48. The Balaban J connectivity index is 3.99. The van der Waals surface area contributed by atoms with Crippen LogP contribution in [-0.4, -0.2) is 68.3 Å². The fourth-order valence-electron chi connectivity index (χ4n) is 0.671. The van der Waals surface area contributed by atoms with Crippen LogP contribution in [0.4, 0.5) is 0 Å². The summed E-state index contributed by atoms with van der Waals surface area (Å²) in [5.74, 6) is 0. The normalized spacial score (nSPS) is 21.5. The summed E-state index contributed by atoms with van der Waals surface area (Å²) in [4.78, 5) is 0. The number of aliphatic hydroxyl groups excluding tert-OH is 6. The Morgan fingerprint density at radius 3 is 1.08 bits per heavy atom. The molecule has 0 saturated heterocycles. The van der Waals surface area contributed by atoms with Gasteiger partial charge in [0.05, 0.1) is 13.2 Å². The van der Waals surface area contributed by atoms with Crippen LogP contribution in [0.5, 0.6) is 0 Å². The molecule has 0 rings (SSSR count). The Hall–Kier alpha value is -0.240. The van der Waals surface area contributed by atoms with E-state index in [2.05, 4.69) is 0 Å². The molecule has 0 bridgehead atoms. The van der Waals surface area contributed by atoms with Crippen molar-refractivity contribution >= 4 is 0 Å². The van der Waals surface area contributed by atoms with Crippen LogP contribution in [0.3, 0.4) is 0 Å². The highest BCUT2D eigenvalue weighted by molar-refractivity contribution is 4.79. The molecular formula is C6H14O6. The average Bonchev–Trinajstić information content (AvgIpc) is 2.12. The molecule has 74 valence electrons. The summed E-state index contributed by atoms with van der Waals surface area (Å²) in [5.41, 5.74) is 0. The number of rotatable bonds is 5. The molecule has 12 heavy (non-hydrogen) atoms. The van der Waals surface area contributed by atoms with Gasteiger partial charge in [0.15, 0.2) is 0 Å². The largest absolute Gasteiger partial charge is 0.394 e. The summed E-state index contributed by atoms with van der Waals surface area (Å²) in [7, 11) is 0. The van der Waals surface area contributed by atoms with Crippen LogP contribution in [0.1, 0.15) is 0 Å². The van der Waals surface area contributed by atoms with Crippen LogP contribution in [0.15, 0.2) is 0 Å². The average molecular weight is 182 g/mol. The van der Waals surface area contributed by atoms with E-state index in [0.29, 0.717) is 0 Å². The topological polar surface area (TPSA) is 121 Å². The van der Waals surface area contributed by atoms with E-state index in [-0.39, 0.29) is 0 Å². The van der Waals surface area contributed by atoms with E-state index in [4.69, 9.17) is 30.6 Å². The lowest BCUT2D eigenvalue weighted by molar-refractivity contribution is -0.123. The van der Waals surface area contributed by atoms with Crippen molar-refractivity contribution in [3.63, 3.8) is 0 Å². The first-order chi connectivity index (χ1) is 5.54. The summed E-state index contributed by atoms with van der Waals surface area (Å²) in [6.07, 6.45) is -6.39. The minimum atomic E-state index is -1.67. The van der Waals surface area contributed by atoms with Gasteiger partial charge in [0, 0.05) is 0 Å². The molecule has 6 heteroatoms. The molecule has 1 unspecified atom stereocenters. The lowest BCUT2D eigenvalue weighted by atomic mass is 10.0. The molecule has 0 aromatic carbocycles. The van der Waals surface area contributed by atoms with E-state index in [0.717, 1.165) is 0 Å². The van der Waals surface area contributed by atoms with Crippen LogP contribution in [-0.2, 0) is 0 Å². The number of aliphatic hydroxyl groups is 6. The van der Waals surface area contributed by atoms with Gasteiger partial charge in [-0.05, 0) is 0 Å². The first kappa shape index (κ1) is 11.8. The molecule has 6 N–H and O–H groups in total. The predicted octanol–water partition coefficient (Wildman–Crippen LogP) is -3.59. The third-order valence-corrected chi connectivity index (χ3v) is 1.51. The minimum Gasteiger partial charge on any atom is -0.394 e. The fourth-order valence-corrected chi connectivity index (χ4v) is 0.671. The van der Waals surface area contributed by atoms with Gasteiger partial charge in [0.25, 0.3) is 0 Å². The van der Waals surface area contributed by atoms with Crippen LogP contribution in [0, 0.1) is 0 Å². The fraction of sp³-hybridized carbons (Fsp3) is 1.00. The number of hydrogen-bond acceptors (Lipinski definition) is 6. The molecule has 0 heterocycles. The highest BCUT2D eigenvalue weighted by atomic mass is 16.4. The molecule has 0 amide bonds. The van der Waals surface area contributed by atoms with Gasteiger partial charge in [-0.2, -0.15) is 0 Å². The maximum absolute atomic E-state index is 8.96. The maximum Gasteiger partial charge on any atom is 0.111 e. The van der Waals surface area contributed by atoms with Crippen molar-refractivity contribution in [2.24, 2.45) is 0 Å². The standard InChI is InChI=1S/C6H14O6/c7-1-3(9)5(11)6(12)4(10)2-8/h3-12H,1-2H2/t3-,4+,5+,6?/m0/s1. The second-order valence-corrected chi connectivity index (χ2v) is 2.48. The van der Waals surface area contributed by atoms with Crippen LogP contribution < -0.4 is 0 Å². The molecule has 4 atom stereocenters. The molecule has 0 aliphatic rings. The molecule has 6 nitrogen and oxygen atoms in total. The van der Waals surface area contributed by atoms with Gasteiger partial charge in [-0.15, -0.1) is 0 Å². The quantitative estimate of drug-likeness (QED) is 0.261. The third kappa shape index (κ3) is 3.02. The Kier molecular flexibility index (Phi) is 5.31. The molecule has 0 aromatic rings. The lowest BCUT2D eigenvalue weighted by Crippen LogP contribution is -2.46. The Labute approximate surface area is 69.3 Å². The monoisotopic (exact) mass is 182 g/mol. The Bertz CT molecular complexity index is 105. The van der Waals surface area contributed by atoms with Gasteiger partial charge in [-0.25, -0.2) is 0 Å². The van der Waals surface area contributed by atoms with E-state index in [1.807, 2.05) is 0 Å². The van der Waals surface area contributed by atoms with Gasteiger partial charge in [-0.3, -0.25) is 0 Å². The van der Waals surface area contributed by atoms with Crippen molar-refractivity contribution < 1.29 is 30.6 Å². The summed E-state index contributed by atoms with van der Waals surface area (Å²) in [6, 6.07) is 0. The Morgan fingerprint density at radius 2 is 0.917 bits per heavy atom. The summed E-state index contributed by atoms with van der Waals surface area (Å²) >= 11 is 0. The molecule has 0 radical (unpaired) electrons. The zero-order valence-electron chi connectivity index (χ0n) is 6.41. The van der Waals surface area contributed by atoms with Crippen LogP contribution in [0.25, 0.3) is 0 Å². The van der Waals surface area contributed by atoms with Gasteiger partial charge in [-0.1, -0.05) is 0 Å². The molecular weight excluding hydrogens is 168 g/mol.